The summed E-state index contributed by atoms with van der Waals surface area (Å²) in [6.45, 7) is 5.12. The van der Waals surface area contributed by atoms with Gasteiger partial charge in [0.2, 0.25) is 0 Å². The fraction of sp³-hybridized carbons (Fsp3) is 0.538. The summed E-state index contributed by atoms with van der Waals surface area (Å²) < 4.78 is 5.45. The Kier molecular flexibility index (Phi) is 1.99. The fourth-order valence-electron chi connectivity index (χ4n) is 2.84. The third-order valence-electron chi connectivity index (χ3n) is 3.80. The molecule has 1 saturated heterocycles. The molecule has 0 bridgehead atoms. The van der Waals surface area contributed by atoms with E-state index in [1.165, 1.54) is 18.5 Å². The Hall–Kier alpha value is -1.02. The van der Waals surface area contributed by atoms with E-state index in [1.54, 1.807) is 0 Å². The molecule has 2 heteroatoms. The van der Waals surface area contributed by atoms with E-state index in [9.17, 15) is 0 Å². The van der Waals surface area contributed by atoms with Crippen molar-refractivity contribution in [2.24, 2.45) is 5.92 Å². The summed E-state index contributed by atoms with van der Waals surface area (Å²) in [6.07, 6.45) is 1.37. The zero-order valence-electron chi connectivity index (χ0n) is 9.12. The van der Waals surface area contributed by atoms with Gasteiger partial charge >= 0.3 is 0 Å². The number of nitrogens with one attached hydrogen (secondary N) is 1. The van der Waals surface area contributed by atoms with Crippen molar-refractivity contribution < 1.29 is 4.74 Å². The van der Waals surface area contributed by atoms with Crippen molar-refractivity contribution >= 4 is 0 Å². The lowest BCUT2D eigenvalue weighted by molar-refractivity contribution is 0.340. The van der Waals surface area contributed by atoms with E-state index in [4.69, 9.17) is 4.74 Å². The number of hydrogen-bond donors (Lipinski definition) is 1. The SMILES string of the molecule is CCOc1ccc([C@]23CNC[C@@H]2C3)cc1. The highest BCUT2D eigenvalue weighted by molar-refractivity contribution is 5.39. The van der Waals surface area contributed by atoms with Crippen LogP contribution >= 0.6 is 0 Å². The largest absolute Gasteiger partial charge is 0.494 e. The highest BCUT2D eigenvalue weighted by Gasteiger charge is 2.57. The normalized spacial score (nSPS) is 32.5. The molecule has 0 unspecified atom stereocenters. The number of fused-ring (bicyclic) bond motifs is 1. The highest BCUT2D eigenvalue weighted by Crippen LogP contribution is 2.56. The summed E-state index contributed by atoms with van der Waals surface area (Å²) in [5.41, 5.74) is 1.96. The number of hydrogen-bond acceptors (Lipinski definition) is 2. The minimum absolute atomic E-state index is 0.477. The summed E-state index contributed by atoms with van der Waals surface area (Å²) >= 11 is 0. The van der Waals surface area contributed by atoms with E-state index in [1.807, 2.05) is 6.92 Å². The van der Waals surface area contributed by atoms with Crippen molar-refractivity contribution in [3.05, 3.63) is 29.8 Å². The lowest BCUT2D eigenvalue weighted by Crippen LogP contribution is -2.19. The molecule has 1 N–H and O–H groups in total. The first kappa shape index (κ1) is 9.22. The number of rotatable bonds is 3. The molecule has 1 aromatic rings. The Morgan fingerprint density at radius 2 is 2.20 bits per heavy atom. The molecule has 0 spiro atoms. The van der Waals surface area contributed by atoms with E-state index in [2.05, 4.69) is 29.6 Å². The Bertz CT molecular complexity index is 359. The Morgan fingerprint density at radius 3 is 2.73 bits per heavy atom. The molecule has 2 fully saturated rings. The summed E-state index contributed by atoms with van der Waals surface area (Å²) in [7, 11) is 0. The van der Waals surface area contributed by atoms with Gasteiger partial charge in [0.25, 0.3) is 0 Å². The standard InChI is InChI=1S/C13H17NO/c1-2-15-12-5-3-10(4-6-12)13-7-11(13)8-14-9-13/h3-6,11,14H,2,7-9H2,1H3/t11-,13-/m0/s1. The second-order valence-corrected chi connectivity index (χ2v) is 4.65. The van der Waals surface area contributed by atoms with Gasteiger partial charge in [-0.15, -0.1) is 0 Å². The lowest BCUT2D eigenvalue weighted by atomic mass is 9.95. The van der Waals surface area contributed by atoms with Crippen LogP contribution in [0.4, 0.5) is 0 Å². The van der Waals surface area contributed by atoms with Gasteiger partial charge in [0.1, 0.15) is 5.75 Å². The van der Waals surface area contributed by atoms with Crippen molar-refractivity contribution in [2.45, 2.75) is 18.8 Å². The van der Waals surface area contributed by atoms with Gasteiger partial charge < -0.3 is 10.1 Å². The van der Waals surface area contributed by atoms with Crippen LogP contribution in [0.2, 0.25) is 0 Å². The smallest absolute Gasteiger partial charge is 0.119 e. The Labute approximate surface area is 90.6 Å². The molecule has 0 aromatic heterocycles. The van der Waals surface area contributed by atoms with Gasteiger partial charge in [-0.05, 0) is 43.5 Å². The van der Waals surface area contributed by atoms with Gasteiger partial charge in [-0.25, -0.2) is 0 Å². The number of ether oxygens (including phenoxy) is 1. The van der Waals surface area contributed by atoms with E-state index >= 15 is 0 Å². The van der Waals surface area contributed by atoms with Crippen LogP contribution in [0.5, 0.6) is 5.75 Å². The number of piperidine rings is 1. The van der Waals surface area contributed by atoms with Crippen molar-refractivity contribution in [3.63, 3.8) is 0 Å². The first-order chi connectivity index (χ1) is 7.35. The molecule has 0 radical (unpaired) electrons. The first-order valence-electron chi connectivity index (χ1n) is 5.79. The minimum atomic E-state index is 0.477. The second-order valence-electron chi connectivity index (χ2n) is 4.65. The predicted octanol–water partition coefficient (Wildman–Crippen LogP) is 1.95. The maximum atomic E-state index is 5.45. The molecule has 2 nitrogen and oxygen atoms in total. The van der Waals surface area contributed by atoms with Crippen LogP contribution in [0.1, 0.15) is 18.9 Å². The molecule has 1 aromatic carbocycles. The lowest BCUT2D eigenvalue weighted by Gasteiger charge is -2.12. The second kappa shape index (κ2) is 3.24. The minimum Gasteiger partial charge on any atom is -0.494 e. The molecule has 1 aliphatic carbocycles. The van der Waals surface area contributed by atoms with Crippen LogP contribution < -0.4 is 10.1 Å². The van der Waals surface area contributed by atoms with Gasteiger partial charge in [-0.2, -0.15) is 0 Å². The highest BCUT2D eigenvalue weighted by atomic mass is 16.5. The molecule has 3 rings (SSSR count). The van der Waals surface area contributed by atoms with Crippen molar-refractivity contribution in [3.8, 4) is 5.75 Å². The summed E-state index contributed by atoms with van der Waals surface area (Å²) in [5.74, 6) is 1.87. The van der Waals surface area contributed by atoms with Crippen molar-refractivity contribution in [1.29, 1.82) is 0 Å². The van der Waals surface area contributed by atoms with E-state index in [0.29, 0.717) is 5.41 Å². The molecule has 0 amide bonds. The molecule has 1 aliphatic heterocycles. The van der Waals surface area contributed by atoms with Crippen LogP contribution in [0.3, 0.4) is 0 Å². The first-order valence-corrected chi connectivity index (χ1v) is 5.79. The van der Waals surface area contributed by atoms with Gasteiger partial charge in [-0.3, -0.25) is 0 Å². The van der Waals surface area contributed by atoms with Gasteiger partial charge in [-0.1, -0.05) is 12.1 Å². The zero-order valence-corrected chi connectivity index (χ0v) is 9.12. The summed E-state index contributed by atoms with van der Waals surface area (Å²) in [5, 5.41) is 3.47. The molecule has 1 saturated carbocycles. The van der Waals surface area contributed by atoms with Gasteiger partial charge in [0.15, 0.2) is 0 Å². The summed E-state index contributed by atoms with van der Waals surface area (Å²) in [4.78, 5) is 0. The molecular weight excluding hydrogens is 186 g/mol. The maximum absolute atomic E-state index is 5.45. The van der Waals surface area contributed by atoms with Crippen LogP contribution in [0, 0.1) is 5.92 Å². The third-order valence-corrected chi connectivity index (χ3v) is 3.80. The van der Waals surface area contributed by atoms with Crippen LogP contribution in [0.15, 0.2) is 24.3 Å². The van der Waals surface area contributed by atoms with Crippen LogP contribution in [-0.4, -0.2) is 19.7 Å². The molecule has 2 aliphatic rings. The number of benzene rings is 1. The topological polar surface area (TPSA) is 21.3 Å². The van der Waals surface area contributed by atoms with Crippen molar-refractivity contribution in [1.82, 2.24) is 5.32 Å². The zero-order chi connectivity index (χ0) is 10.3. The fourth-order valence-corrected chi connectivity index (χ4v) is 2.84. The molecule has 80 valence electrons. The maximum Gasteiger partial charge on any atom is 0.119 e. The average molecular weight is 203 g/mol. The summed E-state index contributed by atoms with van der Waals surface area (Å²) in [6, 6.07) is 8.67. The van der Waals surface area contributed by atoms with Gasteiger partial charge in [0, 0.05) is 12.0 Å². The van der Waals surface area contributed by atoms with Gasteiger partial charge in [0.05, 0.1) is 6.61 Å². The van der Waals surface area contributed by atoms with Crippen LogP contribution in [0.25, 0.3) is 0 Å². The molecule has 2 atom stereocenters. The Balaban J connectivity index is 1.82. The predicted molar refractivity (Wildman–Crippen MR) is 60.3 cm³/mol. The monoisotopic (exact) mass is 203 g/mol. The van der Waals surface area contributed by atoms with Crippen LogP contribution in [-0.2, 0) is 5.41 Å². The van der Waals surface area contributed by atoms with E-state index in [0.717, 1.165) is 24.8 Å². The van der Waals surface area contributed by atoms with Crippen molar-refractivity contribution in [2.75, 3.05) is 19.7 Å². The Morgan fingerprint density at radius 1 is 1.40 bits per heavy atom. The molecule has 1 heterocycles. The van der Waals surface area contributed by atoms with E-state index in [-0.39, 0.29) is 0 Å². The van der Waals surface area contributed by atoms with E-state index < -0.39 is 0 Å². The third kappa shape index (κ3) is 1.36. The molecular formula is C13H17NO. The average Bonchev–Trinajstić information content (AvgIpc) is 2.83. The quantitative estimate of drug-likeness (QED) is 0.810. The molecule has 15 heavy (non-hydrogen) atoms.